The number of rotatable bonds is 1. The van der Waals surface area contributed by atoms with Gasteiger partial charge in [-0.1, -0.05) is 46.3 Å². The second kappa shape index (κ2) is 4.86. The minimum absolute atomic E-state index is 0.0672. The third kappa shape index (κ3) is 2.13. The number of halogens is 1. The van der Waals surface area contributed by atoms with Crippen LogP contribution in [0.1, 0.15) is 5.56 Å². The summed E-state index contributed by atoms with van der Waals surface area (Å²) in [5.74, 6) is -0.0672. The van der Waals surface area contributed by atoms with Crippen LogP contribution in [0.25, 0.3) is 6.08 Å². The van der Waals surface area contributed by atoms with Crippen LogP contribution >= 0.6 is 27.7 Å². The van der Waals surface area contributed by atoms with Gasteiger partial charge in [-0.2, -0.15) is 0 Å². The van der Waals surface area contributed by atoms with Crippen LogP contribution in [0.4, 0.5) is 5.69 Å². The van der Waals surface area contributed by atoms with Crippen LogP contribution in [0.15, 0.2) is 68.6 Å². The Bertz CT molecular complexity index is 814. The van der Waals surface area contributed by atoms with Crippen molar-refractivity contribution in [3.05, 3.63) is 64.3 Å². The number of hydrogen-bond acceptors (Lipinski definition) is 3. The summed E-state index contributed by atoms with van der Waals surface area (Å²) in [6.07, 6.45) is 1.83. The van der Waals surface area contributed by atoms with Gasteiger partial charge in [0.05, 0.1) is 5.69 Å². The van der Waals surface area contributed by atoms with Gasteiger partial charge in [0.25, 0.3) is 5.91 Å². The highest BCUT2D eigenvalue weighted by atomic mass is 79.9. The molecule has 0 unspecified atom stereocenters. The molecule has 0 saturated carbocycles. The number of thioether (sulfide) groups is 1. The summed E-state index contributed by atoms with van der Waals surface area (Å²) in [6.45, 7) is 0. The average molecular weight is 357 g/mol. The zero-order valence-corrected chi connectivity index (χ0v) is 13.2. The van der Waals surface area contributed by atoms with Gasteiger partial charge in [0.15, 0.2) is 5.17 Å². The monoisotopic (exact) mass is 356 g/mol. The van der Waals surface area contributed by atoms with Crippen LogP contribution in [0.2, 0.25) is 0 Å². The number of anilines is 1. The topological polar surface area (TPSA) is 32.7 Å². The molecule has 2 aromatic rings. The van der Waals surface area contributed by atoms with Crippen LogP contribution in [0, 0.1) is 0 Å². The van der Waals surface area contributed by atoms with Gasteiger partial charge in [0, 0.05) is 9.37 Å². The molecule has 0 atom stereocenters. The number of carbonyl (C=O) groups excluding carboxylic acids is 1. The summed E-state index contributed by atoms with van der Waals surface area (Å²) >= 11 is 4.97. The molecule has 0 aliphatic carbocycles. The van der Waals surface area contributed by atoms with Crippen LogP contribution in [-0.2, 0) is 4.79 Å². The molecule has 5 heteroatoms. The van der Waals surface area contributed by atoms with Gasteiger partial charge in [-0.15, -0.1) is 0 Å². The molecule has 21 heavy (non-hydrogen) atoms. The van der Waals surface area contributed by atoms with Crippen LogP contribution in [0.5, 0.6) is 0 Å². The first kappa shape index (κ1) is 12.9. The summed E-state index contributed by atoms with van der Waals surface area (Å²) in [4.78, 5) is 19.8. The van der Waals surface area contributed by atoms with Crippen molar-refractivity contribution in [2.45, 2.75) is 4.90 Å². The SMILES string of the molecule is O=C1/C(=C/c2ccccc2)N=C2Sc3cc(Br)ccc3N12. The van der Waals surface area contributed by atoms with E-state index in [1.807, 2.05) is 54.6 Å². The maximum Gasteiger partial charge on any atom is 0.283 e. The third-order valence-corrected chi connectivity index (χ3v) is 4.79. The normalized spacial score (nSPS) is 18.0. The lowest BCUT2D eigenvalue weighted by Crippen LogP contribution is -2.26. The van der Waals surface area contributed by atoms with E-state index in [1.54, 1.807) is 4.90 Å². The molecule has 0 radical (unpaired) electrons. The highest BCUT2D eigenvalue weighted by molar-refractivity contribution is 9.10. The minimum atomic E-state index is -0.0672. The highest BCUT2D eigenvalue weighted by Crippen LogP contribution is 2.45. The quantitative estimate of drug-likeness (QED) is 0.713. The largest absolute Gasteiger partial charge is 0.283 e. The van der Waals surface area contributed by atoms with Crippen molar-refractivity contribution < 1.29 is 4.79 Å². The maximum absolute atomic E-state index is 12.6. The Balaban J connectivity index is 1.74. The van der Waals surface area contributed by atoms with Gasteiger partial charge in [0.1, 0.15) is 5.70 Å². The molecule has 3 nitrogen and oxygen atoms in total. The number of nitrogens with zero attached hydrogens (tertiary/aromatic N) is 2. The van der Waals surface area contributed by atoms with E-state index >= 15 is 0 Å². The van der Waals surface area contributed by atoms with Crippen molar-refractivity contribution in [2.24, 2.45) is 4.99 Å². The smallest absolute Gasteiger partial charge is 0.266 e. The maximum atomic E-state index is 12.6. The van der Waals surface area contributed by atoms with E-state index in [2.05, 4.69) is 20.9 Å². The van der Waals surface area contributed by atoms with E-state index < -0.39 is 0 Å². The lowest BCUT2D eigenvalue weighted by Gasteiger charge is -2.10. The van der Waals surface area contributed by atoms with Gasteiger partial charge in [-0.05, 0) is 41.6 Å². The molecule has 102 valence electrons. The summed E-state index contributed by atoms with van der Waals surface area (Å²) in [5.41, 5.74) is 2.37. The Morgan fingerprint density at radius 1 is 1.14 bits per heavy atom. The van der Waals surface area contributed by atoms with E-state index in [9.17, 15) is 4.79 Å². The number of amidine groups is 1. The average Bonchev–Trinajstić information content (AvgIpc) is 2.97. The van der Waals surface area contributed by atoms with Crippen molar-refractivity contribution in [1.82, 2.24) is 0 Å². The zero-order valence-electron chi connectivity index (χ0n) is 10.8. The van der Waals surface area contributed by atoms with Crippen molar-refractivity contribution in [3.63, 3.8) is 0 Å². The lowest BCUT2D eigenvalue weighted by atomic mass is 10.2. The van der Waals surface area contributed by atoms with Crippen LogP contribution in [0.3, 0.4) is 0 Å². The zero-order chi connectivity index (χ0) is 14.4. The van der Waals surface area contributed by atoms with Crippen LogP contribution < -0.4 is 4.90 Å². The van der Waals surface area contributed by atoms with E-state index in [0.29, 0.717) is 5.70 Å². The Morgan fingerprint density at radius 3 is 2.76 bits per heavy atom. The number of aliphatic imine (C=N–C) groups is 1. The molecule has 1 amide bonds. The second-order valence-electron chi connectivity index (χ2n) is 4.69. The molecular formula is C16H9BrN2OS. The fourth-order valence-electron chi connectivity index (χ4n) is 2.34. The van der Waals surface area contributed by atoms with Gasteiger partial charge in [-0.25, -0.2) is 4.99 Å². The first-order valence-corrected chi connectivity index (χ1v) is 8.00. The summed E-state index contributed by atoms with van der Waals surface area (Å²) in [5, 5.41) is 0.732. The van der Waals surface area contributed by atoms with Crippen molar-refractivity contribution in [3.8, 4) is 0 Å². The number of hydrogen-bond donors (Lipinski definition) is 0. The molecule has 0 aromatic heterocycles. The summed E-state index contributed by atoms with van der Waals surface area (Å²) in [7, 11) is 0. The Hall–Kier alpha value is -1.85. The number of fused-ring (bicyclic) bond motifs is 3. The second-order valence-corrected chi connectivity index (χ2v) is 6.61. The standard InChI is InChI=1S/C16H9BrN2OS/c17-11-6-7-13-14(9-11)21-16-18-12(15(20)19(13)16)8-10-4-2-1-3-5-10/h1-9H/b12-8-. The molecule has 0 saturated heterocycles. The van der Waals surface area contributed by atoms with Gasteiger partial charge in [0.2, 0.25) is 0 Å². The first-order valence-electron chi connectivity index (χ1n) is 6.40. The van der Waals surface area contributed by atoms with Gasteiger partial charge in [-0.3, -0.25) is 9.69 Å². The predicted molar refractivity (Wildman–Crippen MR) is 89.3 cm³/mol. The van der Waals surface area contributed by atoms with Crippen molar-refractivity contribution >= 4 is 50.5 Å². The molecule has 0 fully saturated rings. The molecule has 0 bridgehead atoms. The van der Waals surface area contributed by atoms with Gasteiger partial charge >= 0.3 is 0 Å². The Labute approximate surface area is 134 Å². The molecular weight excluding hydrogens is 348 g/mol. The molecule has 0 spiro atoms. The van der Waals surface area contributed by atoms with E-state index in [1.165, 1.54) is 11.8 Å². The summed E-state index contributed by atoms with van der Waals surface area (Å²) in [6, 6.07) is 15.7. The fraction of sp³-hybridized carbons (Fsp3) is 0. The van der Waals surface area contributed by atoms with Crippen molar-refractivity contribution in [1.29, 1.82) is 0 Å². The predicted octanol–water partition coefficient (Wildman–Crippen LogP) is 4.30. The molecule has 2 aliphatic rings. The lowest BCUT2D eigenvalue weighted by molar-refractivity contribution is -0.113. The fourth-order valence-corrected chi connectivity index (χ4v) is 3.91. The van der Waals surface area contributed by atoms with E-state index in [0.717, 1.165) is 25.8 Å². The van der Waals surface area contributed by atoms with E-state index in [-0.39, 0.29) is 5.91 Å². The number of amides is 1. The third-order valence-electron chi connectivity index (χ3n) is 3.30. The van der Waals surface area contributed by atoms with Gasteiger partial charge < -0.3 is 0 Å². The molecule has 2 aromatic carbocycles. The van der Waals surface area contributed by atoms with Crippen LogP contribution in [-0.4, -0.2) is 11.1 Å². The summed E-state index contributed by atoms with van der Waals surface area (Å²) < 4.78 is 1.00. The minimum Gasteiger partial charge on any atom is -0.266 e. The van der Waals surface area contributed by atoms with E-state index in [4.69, 9.17) is 0 Å². The Kier molecular flexibility index (Phi) is 2.97. The number of benzene rings is 2. The molecule has 2 heterocycles. The molecule has 0 N–H and O–H groups in total. The van der Waals surface area contributed by atoms with Crippen molar-refractivity contribution in [2.75, 3.05) is 4.90 Å². The highest BCUT2D eigenvalue weighted by Gasteiger charge is 2.38. The molecule has 2 aliphatic heterocycles. The molecule has 4 rings (SSSR count). The number of carbonyl (C=O) groups is 1. The Morgan fingerprint density at radius 2 is 1.95 bits per heavy atom. The first-order chi connectivity index (χ1) is 10.2.